The fourth-order valence-corrected chi connectivity index (χ4v) is 1.15. The van der Waals surface area contributed by atoms with Gasteiger partial charge in [-0.05, 0) is 18.6 Å². The number of carboxylic acids is 1. The van der Waals surface area contributed by atoms with Gasteiger partial charge in [0.1, 0.15) is 5.75 Å². The Morgan fingerprint density at radius 3 is 2.73 bits per heavy atom. The van der Waals surface area contributed by atoms with Crippen molar-refractivity contribution in [2.75, 3.05) is 0 Å². The smallest absolute Gasteiger partial charge is 0.344 e. The molecule has 1 aromatic rings. The first-order valence-corrected chi connectivity index (χ1v) is 4.62. The molecular formula is C11H12O4. The molecule has 0 bridgehead atoms. The van der Waals surface area contributed by atoms with Crippen LogP contribution in [0.15, 0.2) is 24.3 Å². The molecular weight excluding hydrogens is 196 g/mol. The molecule has 1 rings (SSSR count). The molecule has 1 N–H and O–H groups in total. The van der Waals surface area contributed by atoms with Gasteiger partial charge in [-0.3, -0.25) is 4.79 Å². The van der Waals surface area contributed by atoms with Gasteiger partial charge >= 0.3 is 5.97 Å². The molecule has 0 radical (unpaired) electrons. The molecule has 80 valence electrons. The zero-order valence-corrected chi connectivity index (χ0v) is 8.34. The number of rotatable bonds is 5. The van der Waals surface area contributed by atoms with E-state index < -0.39 is 12.1 Å². The number of carbonyl (C=O) groups is 2. The molecule has 0 amide bonds. The van der Waals surface area contributed by atoms with Crippen molar-refractivity contribution in [2.45, 2.75) is 19.4 Å². The SMILES string of the molecule is CC[C@H](Oc1ccccc1C=O)C(=O)O. The van der Waals surface area contributed by atoms with Crippen LogP contribution in [0.4, 0.5) is 0 Å². The Hall–Kier alpha value is -1.84. The fourth-order valence-electron chi connectivity index (χ4n) is 1.15. The minimum Gasteiger partial charge on any atom is -0.479 e. The Bertz CT molecular complexity index is 359. The van der Waals surface area contributed by atoms with Gasteiger partial charge in [-0.25, -0.2) is 4.79 Å². The van der Waals surface area contributed by atoms with Crippen molar-refractivity contribution in [3.63, 3.8) is 0 Å². The number of carbonyl (C=O) groups excluding carboxylic acids is 1. The first-order chi connectivity index (χ1) is 7.19. The number of benzene rings is 1. The maximum atomic E-state index is 10.7. The summed E-state index contributed by atoms with van der Waals surface area (Å²) in [6, 6.07) is 6.54. The van der Waals surface area contributed by atoms with Crippen LogP contribution in [-0.2, 0) is 4.79 Å². The van der Waals surface area contributed by atoms with Crippen molar-refractivity contribution < 1.29 is 19.4 Å². The van der Waals surface area contributed by atoms with Gasteiger partial charge in [-0.1, -0.05) is 19.1 Å². The van der Waals surface area contributed by atoms with Gasteiger partial charge in [0.15, 0.2) is 12.4 Å². The largest absolute Gasteiger partial charge is 0.479 e. The second kappa shape index (κ2) is 5.14. The molecule has 1 atom stereocenters. The van der Waals surface area contributed by atoms with E-state index in [-0.39, 0.29) is 0 Å². The summed E-state index contributed by atoms with van der Waals surface area (Å²) in [5.41, 5.74) is 0.359. The van der Waals surface area contributed by atoms with Crippen LogP contribution < -0.4 is 4.74 Å². The summed E-state index contributed by atoms with van der Waals surface area (Å²) in [7, 11) is 0. The molecule has 0 fully saturated rings. The number of para-hydroxylation sites is 1. The normalized spacial score (nSPS) is 11.8. The van der Waals surface area contributed by atoms with Gasteiger partial charge in [0, 0.05) is 0 Å². The van der Waals surface area contributed by atoms with E-state index in [1.165, 1.54) is 0 Å². The summed E-state index contributed by atoms with van der Waals surface area (Å²) in [5.74, 6) is -0.722. The van der Waals surface area contributed by atoms with Crippen molar-refractivity contribution in [3.05, 3.63) is 29.8 Å². The summed E-state index contributed by atoms with van der Waals surface area (Å²) in [5, 5.41) is 8.78. The number of aliphatic carboxylic acids is 1. The number of ether oxygens (including phenoxy) is 1. The Balaban J connectivity index is 2.87. The third kappa shape index (κ3) is 2.80. The number of hydrogen-bond acceptors (Lipinski definition) is 3. The molecule has 15 heavy (non-hydrogen) atoms. The average Bonchev–Trinajstić information content (AvgIpc) is 2.25. The highest BCUT2D eigenvalue weighted by Crippen LogP contribution is 2.18. The number of aldehydes is 1. The van der Waals surface area contributed by atoms with E-state index >= 15 is 0 Å². The monoisotopic (exact) mass is 208 g/mol. The lowest BCUT2D eigenvalue weighted by molar-refractivity contribution is -0.145. The summed E-state index contributed by atoms with van der Waals surface area (Å²) >= 11 is 0. The molecule has 0 saturated carbocycles. The minimum absolute atomic E-state index is 0.307. The van der Waals surface area contributed by atoms with E-state index in [2.05, 4.69) is 0 Å². The molecule has 0 unspecified atom stereocenters. The van der Waals surface area contributed by atoms with Crippen LogP contribution in [0.1, 0.15) is 23.7 Å². The molecule has 0 spiro atoms. The third-order valence-corrected chi connectivity index (χ3v) is 1.96. The van der Waals surface area contributed by atoms with Crippen LogP contribution in [-0.4, -0.2) is 23.5 Å². The van der Waals surface area contributed by atoms with Crippen LogP contribution in [0.5, 0.6) is 5.75 Å². The Morgan fingerprint density at radius 2 is 2.20 bits per heavy atom. The first-order valence-electron chi connectivity index (χ1n) is 4.62. The van der Waals surface area contributed by atoms with E-state index in [0.29, 0.717) is 24.0 Å². The second-order valence-electron chi connectivity index (χ2n) is 3.01. The molecule has 0 aliphatic rings. The zero-order valence-electron chi connectivity index (χ0n) is 8.34. The molecule has 0 saturated heterocycles. The van der Waals surface area contributed by atoms with Crippen molar-refractivity contribution in [1.29, 1.82) is 0 Å². The molecule has 0 aliphatic heterocycles. The lowest BCUT2D eigenvalue weighted by Gasteiger charge is -2.14. The van der Waals surface area contributed by atoms with E-state index in [9.17, 15) is 9.59 Å². The maximum Gasteiger partial charge on any atom is 0.344 e. The standard InChI is InChI=1S/C11H12O4/c1-2-9(11(13)14)15-10-6-4-3-5-8(10)7-12/h3-7,9H,2H2,1H3,(H,13,14)/t9-/m0/s1. The lowest BCUT2D eigenvalue weighted by Crippen LogP contribution is -2.26. The van der Waals surface area contributed by atoms with Crippen molar-refractivity contribution in [1.82, 2.24) is 0 Å². The quantitative estimate of drug-likeness (QED) is 0.748. The minimum atomic E-state index is -1.03. The molecule has 0 heterocycles. The Labute approximate surface area is 87.5 Å². The van der Waals surface area contributed by atoms with Crippen molar-refractivity contribution in [2.24, 2.45) is 0 Å². The summed E-state index contributed by atoms with van der Waals surface area (Å²) in [4.78, 5) is 21.4. The van der Waals surface area contributed by atoms with Crippen molar-refractivity contribution in [3.8, 4) is 5.75 Å². The molecule has 4 nitrogen and oxygen atoms in total. The van der Waals surface area contributed by atoms with Crippen LogP contribution in [0.2, 0.25) is 0 Å². The Kier molecular flexibility index (Phi) is 3.85. The van der Waals surface area contributed by atoms with Crippen LogP contribution in [0, 0.1) is 0 Å². The molecule has 1 aromatic carbocycles. The van der Waals surface area contributed by atoms with E-state index in [0.717, 1.165) is 0 Å². The molecule has 4 heteroatoms. The number of carboxylic acid groups (broad SMARTS) is 1. The van der Waals surface area contributed by atoms with Gasteiger partial charge in [0.25, 0.3) is 0 Å². The topological polar surface area (TPSA) is 63.6 Å². The van der Waals surface area contributed by atoms with Crippen LogP contribution in [0.3, 0.4) is 0 Å². The fraction of sp³-hybridized carbons (Fsp3) is 0.273. The lowest BCUT2D eigenvalue weighted by atomic mass is 10.2. The Morgan fingerprint density at radius 1 is 1.53 bits per heavy atom. The predicted molar refractivity (Wildman–Crippen MR) is 54.2 cm³/mol. The van der Waals surface area contributed by atoms with Crippen LogP contribution >= 0.6 is 0 Å². The summed E-state index contributed by atoms with van der Waals surface area (Å²) < 4.78 is 5.22. The number of hydrogen-bond donors (Lipinski definition) is 1. The molecule has 0 aromatic heterocycles. The highest BCUT2D eigenvalue weighted by atomic mass is 16.5. The van der Waals surface area contributed by atoms with Gasteiger partial charge in [0.05, 0.1) is 5.56 Å². The predicted octanol–water partition coefficient (Wildman–Crippen LogP) is 1.74. The van der Waals surface area contributed by atoms with E-state index in [1.807, 2.05) is 0 Å². The zero-order chi connectivity index (χ0) is 11.3. The maximum absolute atomic E-state index is 10.7. The molecule has 0 aliphatic carbocycles. The first kappa shape index (κ1) is 11.2. The third-order valence-electron chi connectivity index (χ3n) is 1.96. The van der Waals surface area contributed by atoms with E-state index in [4.69, 9.17) is 9.84 Å². The highest BCUT2D eigenvalue weighted by Gasteiger charge is 2.17. The summed E-state index contributed by atoms with van der Waals surface area (Å²) in [6.45, 7) is 1.71. The summed E-state index contributed by atoms with van der Waals surface area (Å²) in [6.07, 6.45) is 0.0815. The van der Waals surface area contributed by atoms with Gasteiger partial charge in [-0.15, -0.1) is 0 Å². The average molecular weight is 208 g/mol. The van der Waals surface area contributed by atoms with Gasteiger partial charge in [-0.2, -0.15) is 0 Å². The van der Waals surface area contributed by atoms with Crippen molar-refractivity contribution >= 4 is 12.3 Å². The second-order valence-corrected chi connectivity index (χ2v) is 3.01. The van der Waals surface area contributed by atoms with Crippen LogP contribution in [0.25, 0.3) is 0 Å². The highest BCUT2D eigenvalue weighted by molar-refractivity contribution is 5.80. The van der Waals surface area contributed by atoms with Gasteiger partial charge in [0.2, 0.25) is 0 Å². The van der Waals surface area contributed by atoms with Gasteiger partial charge < -0.3 is 9.84 Å². The van der Waals surface area contributed by atoms with E-state index in [1.54, 1.807) is 31.2 Å².